The van der Waals surface area contributed by atoms with Crippen molar-refractivity contribution in [2.24, 2.45) is 0 Å². The van der Waals surface area contributed by atoms with Crippen LogP contribution in [-0.4, -0.2) is 38.2 Å². The predicted octanol–water partition coefficient (Wildman–Crippen LogP) is 2.96. The third kappa shape index (κ3) is 3.93. The van der Waals surface area contributed by atoms with Gasteiger partial charge in [-0.25, -0.2) is 4.98 Å². The van der Waals surface area contributed by atoms with Crippen LogP contribution in [0.2, 0.25) is 0 Å². The summed E-state index contributed by atoms with van der Waals surface area (Å²) >= 11 is 0. The molecule has 8 nitrogen and oxygen atoms in total. The summed E-state index contributed by atoms with van der Waals surface area (Å²) in [4.78, 5) is 40.7. The van der Waals surface area contributed by atoms with Gasteiger partial charge in [0, 0.05) is 23.2 Å². The number of carboxylic acid groups (broad SMARTS) is 1. The van der Waals surface area contributed by atoms with Gasteiger partial charge in [0.25, 0.3) is 11.5 Å². The second kappa shape index (κ2) is 8.73. The Kier molecular flexibility index (Phi) is 5.67. The maximum absolute atomic E-state index is 13.4. The van der Waals surface area contributed by atoms with Crippen molar-refractivity contribution < 1.29 is 19.8 Å². The molecule has 1 amide bonds. The molecule has 0 aliphatic carbocycles. The van der Waals surface area contributed by atoms with E-state index in [4.69, 9.17) is 5.11 Å². The lowest BCUT2D eigenvalue weighted by Crippen LogP contribution is -2.27. The number of pyridine rings is 2. The van der Waals surface area contributed by atoms with Gasteiger partial charge in [0.1, 0.15) is 0 Å². The summed E-state index contributed by atoms with van der Waals surface area (Å²) in [6, 6.07) is 19.5. The lowest BCUT2D eigenvalue weighted by atomic mass is 10.0. The molecule has 0 fully saturated rings. The topological polar surface area (TPSA) is 122 Å². The van der Waals surface area contributed by atoms with E-state index >= 15 is 0 Å². The quantitative estimate of drug-likeness (QED) is 0.433. The first kappa shape index (κ1) is 20.8. The van der Waals surface area contributed by atoms with Gasteiger partial charge in [0.2, 0.25) is 0 Å². The molecule has 0 bridgehead atoms. The third-order valence-electron chi connectivity index (χ3n) is 4.97. The van der Waals surface area contributed by atoms with E-state index in [0.29, 0.717) is 22.3 Å². The average molecular weight is 429 g/mol. The molecular formula is C24H19N3O5. The zero-order chi connectivity index (χ0) is 22.7. The van der Waals surface area contributed by atoms with E-state index in [0.717, 1.165) is 0 Å². The molecule has 0 aliphatic heterocycles. The standard InChI is InChI=1S/C24H19N3O5/c28-20(29)11-12-25-23(31)21-22(30)18-13-17(15-7-3-1-4-8-15)24(32)27(19(18)14-26-21)16-9-5-2-6-10-16/h1-10,13-14,30H,11-12H2,(H,25,31)(H,28,29). The molecule has 8 heteroatoms. The maximum atomic E-state index is 13.4. The molecule has 160 valence electrons. The molecule has 2 aromatic heterocycles. The maximum Gasteiger partial charge on any atom is 0.305 e. The zero-order valence-electron chi connectivity index (χ0n) is 16.9. The number of aliphatic carboxylic acids is 1. The van der Waals surface area contributed by atoms with Gasteiger partial charge in [-0.15, -0.1) is 0 Å². The van der Waals surface area contributed by atoms with E-state index < -0.39 is 17.6 Å². The second-order valence-electron chi connectivity index (χ2n) is 7.05. The van der Waals surface area contributed by atoms with Crippen molar-refractivity contribution in [3.63, 3.8) is 0 Å². The number of carbonyl (C=O) groups is 2. The Labute approximate surface area is 182 Å². The number of amides is 1. The van der Waals surface area contributed by atoms with Crippen LogP contribution < -0.4 is 10.9 Å². The number of carbonyl (C=O) groups excluding carboxylic acids is 1. The fraction of sp³-hybridized carbons (Fsp3) is 0.0833. The molecule has 32 heavy (non-hydrogen) atoms. The average Bonchev–Trinajstić information content (AvgIpc) is 2.80. The first-order valence-corrected chi connectivity index (χ1v) is 9.86. The summed E-state index contributed by atoms with van der Waals surface area (Å²) in [6.45, 7) is -0.105. The van der Waals surface area contributed by atoms with Gasteiger partial charge >= 0.3 is 5.97 Å². The Balaban J connectivity index is 1.93. The third-order valence-corrected chi connectivity index (χ3v) is 4.97. The number of aromatic hydroxyl groups is 1. The van der Waals surface area contributed by atoms with Crippen molar-refractivity contribution in [1.29, 1.82) is 0 Å². The fourth-order valence-corrected chi connectivity index (χ4v) is 3.45. The number of fused-ring (bicyclic) bond motifs is 1. The summed E-state index contributed by atoms with van der Waals surface area (Å²) in [6.07, 6.45) is 1.09. The minimum Gasteiger partial charge on any atom is -0.505 e. The molecule has 2 heterocycles. The van der Waals surface area contributed by atoms with E-state index in [1.165, 1.54) is 16.8 Å². The first-order valence-electron chi connectivity index (χ1n) is 9.86. The number of para-hydroxylation sites is 1. The molecule has 0 radical (unpaired) electrons. The summed E-state index contributed by atoms with van der Waals surface area (Å²) in [5.74, 6) is -2.15. The molecule has 4 aromatic rings. The van der Waals surface area contributed by atoms with Crippen LogP contribution in [0.1, 0.15) is 16.9 Å². The van der Waals surface area contributed by atoms with Crippen molar-refractivity contribution in [2.75, 3.05) is 6.54 Å². The van der Waals surface area contributed by atoms with Crippen LogP contribution in [0.25, 0.3) is 27.7 Å². The highest BCUT2D eigenvalue weighted by molar-refractivity contribution is 6.02. The molecule has 0 saturated heterocycles. The van der Waals surface area contributed by atoms with Gasteiger partial charge in [-0.3, -0.25) is 19.0 Å². The number of rotatable bonds is 6. The molecular weight excluding hydrogens is 410 g/mol. The molecule has 0 aliphatic rings. The van der Waals surface area contributed by atoms with Crippen LogP contribution in [0.3, 0.4) is 0 Å². The normalized spacial score (nSPS) is 10.8. The Morgan fingerprint density at radius 3 is 2.31 bits per heavy atom. The number of carboxylic acids is 1. The molecule has 2 aromatic carbocycles. The number of hydrogen-bond acceptors (Lipinski definition) is 5. The number of hydrogen-bond donors (Lipinski definition) is 3. The highest BCUT2D eigenvalue weighted by Gasteiger charge is 2.20. The smallest absolute Gasteiger partial charge is 0.305 e. The summed E-state index contributed by atoms with van der Waals surface area (Å²) in [5.41, 5.74) is 1.38. The van der Waals surface area contributed by atoms with Crippen molar-refractivity contribution in [3.05, 3.63) is 89.0 Å². The monoisotopic (exact) mass is 429 g/mol. The molecule has 0 spiro atoms. The molecule has 0 saturated carbocycles. The van der Waals surface area contributed by atoms with E-state index in [1.807, 2.05) is 12.1 Å². The minimum atomic E-state index is -1.06. The van der Waals surface area contributed by atoms with Crippen LogP contribution in [0.4, 0.5) is 0 Å². The Morgan fingerprint density at radius 2 is 1.66 bits per heavy atom. The van der Waals surface area contributed by atoms with E-state index in [9.17, 15) is 19.5 Å². The molecule has 0 atom stereocenters. The minimum absolute atomic E-state index is 0.105. The SMILES string of the molecule is O=C(O)CCNC(=O)c1ncc2c(cc(-c3ccccc3)c(=O)n2-c2ccccc2)c1O. The number of nitrogens with zero attached hydrogens (tertiary/aromatic N) is 2. The van der Waals surface area contributed by atoms with Crippen LogP contribution in [0, 0.1) is 0 Å². The van der Waals surface area contributed by atoms with Crippen molar-refractivity contribution in [1.82, 2.24) is 14.9 Å². The van der Waals surface area contributed by atoms with Crippen LogP contribution in [0.5, 0.6) is 5.75 Å². The summed E-state index contributed by atoms with van der Waals surface area (Å²) < 4.78 is 1.44. The fourth-order valence-electron chi connectivity index (χ4n) is 3.45. The van der Waals surface area contributed by atoms with Crippen molar-refractivity contribution in [2.45, 2.75) is 6.42 Å². The van der Waals surface area contributed by atoms with E-state index in [2.05, 4.69) is 10.3 Å². The van der Waals surface area contributed by atoms with Gasteiger partial charge in [-0.05, 0) is 23.8 Å². The van der Waals surface area contributed by atoms with E-state index in [1.54, 1.807) is 48.5 Å². The summed E-state index contributed by atoms with van der Waals surface area (Å²) in [5, 5.41) is 22.4. The predicted molar refractivity (Wildman–Crippen MR) is 119 cm³/mol. The largest absolute Gasteiger partial charge is 0.505 e. The molecule has 4 rings (SSSR count). The molecule has 0 unspecified atom stereocenters. The van der Waals surface area contributed by atoms with Gasteiger partial charge < -0.3 is 15.5 Å². The highest BCUT2D eigenvalue weighted by atomic mass is 16.4. The Hall–Kier alpha value is -4.46. The van der Waals surface area contributed by atoms with Gasteiger partial charge in [0.15, 0.2) is 11.4 Å². The van der Waals surface area contributed by atoms with Gasteiger partial charge in [-0.2, -0.15) is 0 Å². The van der Waals surface area contributed by atoms with Crippen LogP contribution in [-0.2, 0) is 4.79 Å². The number of nitrogens with one attached hydrogen (secondary N) is 1. The number of benzene rings is 2. The molecule has 3 N–H and O–H groups in total. The van der Waals surface area contributed by atoms with Crippen molar-refractivity contribution >= 4 is 22.8 Å². The van der Waals surface area contributed by atoms with Gasteiger partial charge in [0.05, 0.1) is 18.1 Å². The van der Waals surface area contributed by atoms with Crippen LogP contribution in [0.15, 0.2) is 77.7 Å². The Morgan fingerprint density at radius 1 is 1.00 bits per heavy atom. The van der Waals surface area contributed by atoms with E-state index in [-0.39, 0.29) is 29.6 Å². The lowest BCUT2D eigenvalue weighted by Gasteiger charge is -2.15. The Bertz CT molecular complexity index is 1370. The lowest BCUT2D eigenvalue weighted by molar-refractivity contribution is -0.136. The zero-order valence-corrected chi connectivity index (χ0v) is 16.9. The second-order valence-corrected chi connectivity index (χ2v) is 7.05. The van der Waals surface area contributed by atoms with Crippen molar-refractivity contribution in [3.8, 4) is 22.6 Å². The summed E-state index contributed by atoms with van der Waals surface area (Å²) in [7, 11) is 0. The highest BCUT2D eigenvalue weighted by Crippen LogP contribution is 2.30. The number of aromatic nitrogens is 2. The van der Waals surface area contributed by atoms with Crippen LogP contribution >= 0.6 is 0 Å². The van der Waals surface area contributed by atoms with Gasteiger partial charge in [-0.1, -0.05) is 48.5 Å². The first-order chi connectivity index (χ1) is 15.5.